The van der Waals surface area contributed by atoms with Gasteiger partial charge in [0.1, 0.15) is 0 Å². The van der Waals surface area contributed by atoms with Crippen LogP contribution in [0, 0.1) is 11.3 Å². The average molecular weight is 382 g/mol. The van der Waals surface area contributed by atoms with E-state index in [2.05, 4.69) is 15.6 Å². The molecule has 1 atom stereocenters. The number of aliphatic imine (C=N–C) groups is 1. The minimum Gasteiger partial charge on any atom is -0.370 e. The van der Waals surface area contributed by atoms with Crippen LogP contribution in [-0.4, -0.2) is 17.8 Å². The second-order valence-electron chi connectivity index (χ2n) is 6.31. The van der Waals surface area contributed by atoms with E-state index in [1.165, 1.54) is 6.07 Å². The number of rotatable bonds is 3. The van der Waals surface area contributed by atoms with E-state index in [1.54, 1.807) is 43.3 Å². The lowest BCUT2D eigenvalue weighted by Gasteiger charge is -2.30. The molecule has 0 unspecified atom stereocenters. The number of hydrogen-bond acceptors (Lipinski definition) is 5. The van der Waals surface area contributed by atoms with Gasteiger partial charge in [-0.05, 0) is 31.2 Å². The number of guanidine groups is 1. The highest BCUT2D eigenvalue weighted by Gasteiger charge is 2.35. The number of carbonyl (C=O) groups is 2. The zero-order chi connectivity index (χ0) is 19.6. The van der Waals surface area contributed by atoms with Gasteiger partial charge in [-0.2, -0.15) is 5.26 Å². The molecule has 0 aromatic heterocycles. The number of nitrogens with two attached hydrogens (primary N) is 1. The molecule has 1 heterocycles. The Morgan fingerprint density at radius 3 is 2.81 bits per heavy atom. The van der Waals surface area contributed by atoms with Crippen LogP contribution in [0.5, 0.6) is 0 Å². The number of anilines is 1. The van der Waals surface area contributed by atoms with Crippen LogP contribution in [0.4, 0.5) is 5.69 Å². The van der Waals surface area contributed by atoms with Gasteiger partial charge < -0.3 is 11.1 Å². The molecule has 2 aromatic rings. The first kappa shape index (κ1) is 18.4. The number of amides is 2. The molecule has 2 aromatic carbocycles. The summed E-state index contributed by atoms with van der Waals surface area (Å²) in [6.07, 6.45) is 0.0784. The molecule has 1 aliphatic heterocycles. The highest BCUT2D eigenvalue weighted by Crippen LogP contribution is 2.39. The summed E-state index contributed by atoms with van der Waals surface area (Å²) in [5, 5.41) is 14.4. The summed E-state index contributed by atoms with van der Waals surface area (Å²) < 4.78 is 0. The molecule has 4 N–H and O–H groups in total. The SMILES string of the molecule is C[C@@]1(c2cccc(NC(=O)c3cccc(C#N)c3)c2Cl)CC(=O)NC(N)=N1. The molecule has 7 nitrogen and oxygen atoms in total. The van der Waals surface area contributed by atoms with Crippen molar-refractivity contribution in [3.05, 3.63) is 64.2 Å². The maximum Gasteiger partial charge on any atom is 0.255 e. The summed E-state index contributed by atoms with van der Waals surface area (Å²) in [6.45, 7) is 1.75. The molecule has 8 heteroatoms. The van der Waals surface area contributed by atoms with E-state index in [-0.39, 0.29) is 23.3 Å². The largest absolute Gasteiger partial charge is 0.370 e. The molecule has 3 rings (SSSR count). The van der Waals surface area contributed by atoms with Crippen LogP contribution in [-0.2, 0) is 10.3 Å². The minimum atomic E-state index is -0.940. The van der Waals surface area contributed by atoms with E-state index in [4.69, 9.17) is 22.6 Å². The molecular formula is C19H16ClN5O2. The van der Waals surface area contributed by atoms with Crippen molar-refractivity contribution in [2.75, 3.05) is 5.32 Å². The van der Waals surface area contributed by atoms with Crippen molar-refractivity contribution >= 4 is 35.1 Å². The Morgan fingerprint density at radius 1 is 1.37 bits per heavy atom. The smallest absolute Gasteiger partial charge is 0.255 e. The third-order valence-corrected chi connectivity index (χ3v) is 4.63. The zero-order valence-electron chi connectivity index (χ0n) is 14.4. The normalized spacial score (nSPS) is 18.9. The Labute approximate surface area is 160 Å². The number of benzene rings is 2. The van der Waals surface area contributed by atoms with Gasteiger partial charge in [0.15, 0.2) is 5.96 Å². The molecule has 0 saturated heterocycles. The second-order valence-corrected chi connectivity index (χ2v) is 6.69. The molecule has 2 amide bonds. The monoisotopic (exact) mass is 381 g/mol. The fourth-order valence-electron chi connectivity index (χ4n) is 2.96. The van der Waals surface area contributed by atoms with Gasteiger partial charge in [0.2, 0.25) is 5.91 Å². The van der Waals surface area contributed by atoms with Crippen molar-refractivity contribution in [1.82, 2.24) is 5.32 Å². The molecule has 136 valence electrons. The van der Waals surface area contributed by atoms with Gasteiger partial charge >= 0.3 is 0 Å². The number of nitriles is 1. The van der Waals surface area contributed by atoms with Gasteiger partial charge in [0, 0.05) is 11.1 Å². The van der Waals surface area contributed by atoms with Crippen LogP contribution >= 0.6 is 11.6 Å². The summed E-state index contributed by atoms with van der Waals surface area (Å²) in [5.74, 6) is -0.642. The predicted octanol–water partition coefficient (Wildman–Crippen LogP) is 2.51. The van der Waals surface area contributed by atoms with Crippen molar-refractivity contribution in [2.45, 2.75) is 18.9 Å². The summed E-state index contributed by atoms with van der Waals surface area (Å²) in [4.78, 5) is 28.7. The number of halogens is 1. The molecule has 0 bridgehead atoms. The Balaban J connectivity index is 1.94. The zero-order valence-corrected chi connectivity index (χ0v) is 15.2. The third kappa shape index (κ3) is 3.76. The minimum absolute atomic E-state index is 0.0209. The second kappa shape index (κ2) is 7.09. The number of carbonyl (C=O) groups excluding carboxylic acids is 2. The van der Waals surface area contributed by atoms with Gasteiger partial charge in [0.25, 0.3) is 5.91 Å². The van der Waals surface area contributed by atoms with Gasteiger partial charge in [-0.15, -0.1) is 0 Å². The third-order valence-electron chi connectivity index (χ3n) is 4.22. The first-order valence-corrected chi connectivity index (χ1v) is 8.46. The summed E-state index contributed by atoms with van der Waals surface area (Å²) in [5.41, 5.74) is 6.42. The Hall–Kier alpha value is -3.37. The predicted molar refractivity (Wildman–Crippen MR) is 102 cm³/mol. The quantitative estimate of drug-likeness (QED) is 0.756. The summed E-state index contributed by atoms with van der Waals surface area (Å²) >= 11 is 6.51. The Kier molecular flexibility index (Phi) is 4.84. The van der Waals surface area contributed by atoms with E-state index in [9.17, 15) is 9.59 Å². The fraction of sp³-hybridized carbons (Fsp3) is 0.158. The lowest BCUT2D eigenvalue weighted by atomic mass is 9.87. The summed E-state index contributed by atoms with van der Waals surface area (Å²) in [6, 6.07) is 13.4. The van der Waals surface area contributed by atoms with Gasteiger partial charge in [-0.3, -0.25) is 14.9 Å². The van der Waals surface area contributed by atoms with Crippen molar-refractivity contribution in [3.8, 4) is 6.07 Å². The maximum absolute atomic E-state index is 12.5. The van der Waals surface area contributed by atoms with Gasteiger partial charge in [-0.25, -0.2) is 4.99 Å². The van der Waals surface area contributed by atoms with Crippen LogP contribution in [0.3, 0.4) is 0 Å². The molecule has 27 heavy (non-hydrogen) atoms. The number of nitrogens with zero attached hydrogens (tertiary/aromatic N) is 2. The lowest BCUT2D eigenvalue weighted by molar-refractivity contribution is -0.121. The molecule has 0 spiro atoms. The van der Waals surface area contributed by atoms with Crippen LogP contribution in [0.25, 0.3) is 0 Å². The van der Waals surface area contributed by atoms with E-state index >= 15 is 0 Å². The standard InChI is InChI=1S/C19H16ClN5O2/c1-19(9-15(26)24-18(22)25-19)13-6-3-7-14(16(13)20)23-17(27)12-5-2-4-11(8-12)10-21/h2-8H,9H2,1H3,(H,23,27)(H3,22,24,25,26)/t19-/m0/s1. The Bertz CT molecular complexity index is 1010. The lowest BCUT2D eigenvalue weighted by Crippen LogP contribution is -2.46. The topological polar surface area (TPSA) is 120 Å². The van der Waals surface area contributed by atoms with Crippen molar-refractivity contribution in [3.63, 3.8) is 0 Å². The van der Waals surface area contributed by atoms with Gasteiger partial charge in [-0.1, -0.05) is 29.8 Å². The number of hydrogen-bond donors (Lipinski definition) is 3. The van der Waals surface area contributed by atoms with Crippen LogP contribution < -0.4 is 16.4 Å². The molecule has 0 saturated carbocycles. The Morgan fingerprint density at radius 2 is 2.11 bits per heavy atom. The molecule has 0 aliphatic carbocycles. The molecule has 0 fully saturated rings. The van der Waals surface area contributed by atoms with Crippen LogP contribution in [0.15, 0.2) is 47.5 Å². The van der Waals surface area contributed by atoms with Crippen LogP contribution in [0.1, 0.15) is 34.8 Å². The highest BCUT2D eigenvalue weighted by molar-refractivity contribution is 6.35. The molecule has 0 radical (unpaired) electrons. The van der Waals surface area contributed by atoms with Crippen molar-refractivity contribution in [2.24, 2.45) is 10.7 Å². The van der Waals surface area contributed by atoms with Gasteiger partial charge in [0.05, 0.1) is 34.3 Å². The van der Waals surface area contributed by atoms with Crippen LogP contribution in [0.2, 0.25) is 5.02 Å². The first-order chi connectivity index (χ1) is 12.8. The van der Waals surface area contributed by atoms with Crippen molar-refractivity contribution in [1.29, 1.82) is 5.26 Å². The highest BCUT2D eigenvalue weighted by atomic mass is 35.5. The summed E-state index contributed by atoms with van der Waals surface area (Å²) in [7, 11) is 0. The number of nitrogens with one attached hydrogen (secondary N) is 2. The van der Waals surface area contributed by atoms with E-state index < -0.39 is 11.4 Å². The first-order valence-electron chi connectivity index (χ1n) is 8.08. The maximum atomic E-state index is 12.5. The van der Waals surface area contributed by atoms with E-state index in [0.29, 0.717) is 22.4 Å². The van der Waals surface area contributed by atoms with E-state index in [1.807, 2.05) is 6.07 Å². The van der Waals surface area contributed by atoms with Crippen molar-refractivity contribution < 1.29 is 9.59 Å². The fourth-order valence-corrected chi connectivity index (χ4v) is 3.33. The molecule has 1 aliphatic rings. The average Bonchev–Trinajstić information content (AvgIpc) is 2.62. The molecular weight excluding hydrogens is 366 g/mol. The van der Waals surface area contributed by atoms with E-state index in [0.717, 1.165) is 0 Å².